The van der Waals surface area contributed by atoms with Crippen molar-refractivity contribution in [1.29, 1.82) is 0 Å². The van der Waals surface area contributed by atoms with Gasteiger partial charge in [0.25, 0.3) is 10.0 Å². The number of anilines is 1. The van der Waals surface area contributed by atoms with Crippen molar-refractivity contribution in [2.45, 2.75) is 44.7 Å². The Morgan fingerprint density at radius 2 is 1.42 bits per heavy atom. The molecule has 0 aliphatic carbocycles. The van der Waals surface area contributed by atoms with Crippen molar-refractivity contribution < 1.29 is 18.0 Å². The molecule has 0 fully saturated rings. The number of rotatable bonds is 12. The molecule has 0 aliphatic heterocycles. The number of carbonyl (C=O) groups excluding carboxylic acids is 2. The highest BCUT2D eigenvalue weighted by atomic mass is 35.5. The molecule has 4 aromatic carbocycles. The number of benzene rings is 4. The average molecular weight is 618 g/mol. The summed E-state index contributed by atoms with van der Waals surface area (Å²) < 4.78 is 29.4. The van der Waals surface area contributed by atoms with Gasteiger partial charge in [-0.3, -0.25) is 13.9 Å². The summed E-state index contributed by atoms with van der Waals surface area (Å²) >= 11 is 6.43. The van der Waals surface area contributed by atoms with Crippen molar-refractivity contribution in [1.82, 2.24) is 10.2 Å². The Bertz CT molecular complexity index is 1650. The summed E-state index contributed by atoms with van der Waals surface area (Å²) in [6.07, 6.45) is 0.256. The molecule has 4 aromatic rings. The highest BCUT2D eigenvalue weighted by molar-refractivity contribution is 7.92. The Hall–Kier alpha value is -4.14. The van der Waals surface area contributed by atoms with E-state index in [4.69, 9.17) is 11.6 Å². The van der Waals surface area contributed by atoms with E-state index in [1.165, 1.54) is 17.0 Å². The number of hydrogen-bond donors (Lipinski definition) is 1. The first-order valence-electron chi connectivity index (χ1n) is 14.1. The van der Waals surface area contributed by atoms with Gasteiger partial charge in [-0.15, -0.1) is 0 Å². The molecular formula is C34H36ClN3O4S. The molecule has 0 aliphatic rings. The van der Waals surface area contributed by atoms with E-state index in [9.17, 15) is 18.0 Å². The molecule has 43 heavy (non-hydrogen) atoms. The number of halogens is 1. The number of sulfonamides is 1. The third-order valence-corrected chi connectivity index (χ3v) is 9.40. The van der Waals surface area contributed by atoms with Crippen LogP contribution in [0.4, 0.5) is 5.69 Å². The van der Waals surface area contributed by atoms with Gasteiger partial charge in [0.05, 0.1) is 10.6 Å². The second-order valence-electron chi connectivity index (χ2n) is 10.3. The van der Waals surface area contributed by atoms with Gasteiger partial charge in [-0.2, -0.15) is 0 Å². The minimum absolute atomic E-state index is 0.0458. The van der Waals surface area contributed by atoms with E-state index < -0.39 is 28.5 Å². The Kier molecular flexibility index (Phi) is 10.6. The zero-order valence-corrected chi connectivity index (χ0v) is 26.1. The smallest absolute Gasteiger partial charge is 0.264 e. The van der Waals surface area contributed by atoms with Gasteiger partial charge < -0.3 is 10.2 Å². The molecule has 224 valence electrons. The number of carbonyl (C=O) groups is 2. The van der Waals surface area contributed by atoms with Crippen LogP contribution in [0.5, 0.6) is 0 Å². The molecule has 0 saturated carbocycles. The lowest BCUT2D eigenvalue weighted by Gasteiger charge is -2.34. The molecule has 0 bridgehead atoms. The lowest BCUT2D eigenvalue weighted by Crippen LogP contribution is -2.53. The number of aryl methyl sites for hydroxylation is 1. The second-order valence-corrected chi connectivity index (χ2v) is 12.6. The average Bonchev–Trinajstić information content (AvgIpc) is 3.00. The summed E-state index contributed by atoms with van der Waals surface area (Å²) in [5.74, 6) is -0.839. The fourth-order valence-corrected chi connectivity index (χ4v) is 6.48. The van der Waals surface area contributed by atoms with Crippen LogP contribution in [0.1, 0.15) is 29.2 Å². The maximum atomic E-state index is 14.4. The molecule has 0 heterocycles. The highest BCUT2D eigenvalue weighted by Gasteiger charge is 2.35. The molecule has 0 radical (unpaired) electrons. The molecule has 4 rings (SSSR count). The van der Waals surface area contributed by atoms with E-state index in [1.807, 2.05) is 74.5 Å². The molecule has 0 saturated heterocycles. The van der Waals surface area contributed by atoms with Gasteiger partial charge >= 0.3 is 0 Å². The van der Waals surface area contributed by atoms with Crippen molar-refractivity contribution in [2.24, 2.45) is 0 Å². The number of likely N-dealkylation sites (N-methyl/N-ethyl adjacent to an activating group) is 1. The van der Waals surface area contributed by atoms with Crippen LogP contribution in [-0.2, 0) is 32.6 Å². The van der Waals surface area contributed by atoms with E-state index in [-0.39, 0.29) is 23.8 Å². The Balaban J connectivity index is 1.81. The number of amides is 2. The minimum Gasteiger partial charge on any atom is -0.355 e. The predicted octanol–water partition coefficient (Wildman–Crippen LogP) is 5.93. The van der Waals surface area contributed by atoms with Gasteiger partial charge in [-0.25, -0.2) is 8.42 Å². The van der Waals surface area contributed by atoms with Gasteiger partial charge in [0, 0.05) is 24.5 Å². The molecule has 1 N–H and O–H groups in total. The quantitative estimate of drug-likeness (QED) is 0.214. The summed E-state index contributed by atoms with van der Waals surface area (Å²) in [7, 11) is -4.20. The van der Waals surface area contributed by atoms with E-state index in [1.54, 1.807) is 37.3 Å². The molecule has 7 nitrogen and oxygen atoms in total. The van der Waals surface area contributed by atoms with E-state index >= 15 is 0 Å². The molecule has 0 spiro atoms. The number of hydrogen-bond acceptors (Lipinski definition) is 4. The Morgan fingerprint density at radius 1 is 0.814 bits per heavy atom. The first-order valence-corrected chi connectivity index (χ1v) is 15.9. The summed E-state index contributed by atoms with van der Waals surface area (Å²) in [5.41, 5.74) is 3.40. The Labute approximate surface area is 259 Å². The van der Waals surface area contributed by atoms with Crippen LogP contribution in [0.3, 0.4) is 0 Å². The molecule has 9 heteroatoms. The lowest BCUT2D eigenvalue weighted by atomic mass is 10.0. The van der Waals surface area contributed by atoms with Crippen molar-refractivity contribution in [3.05, 3.63) is 130 Å². The van der Waals surface area contributed by atoms with Gasteiger partial charge in [-0.1, -0.05) is 96.0 Å². The normalized spacial score (nSPS) is 11.9. The number of nitrogens with zero attached hydrogens (tertiary/aromatic N) is 2. The summed E-state index contributed by atoms with van der Waals surface area (Å²) in [6.45, 7) is 5.37. The van der Waals surface area contributed by atoms with Crippen LogP contribution in [0.25, 0.3) is 0 Å². The topological polar surface area (TPSA) is 86.8 Å². The summed E-state index contributed by atoms with van der Waals surface area (Å²) in [5, 5.41) is 3.24. The summed E-state index contributed by atoms with van der Waals surface area (Å²) in [6, 6.07) is 29.3. The highest BCUT2D eigenvalue weighted by Crippen LogP contribution is 2.31. The van der Waals surface area contributed by atoms with Crippen LogP contribution in [0, 0.1) is 13.8 Å². The molecule has 2 amide bonds. The third kappa shape index (κ3) is 7.83. The zero-order valence-electron chi connectivity index (χ0n) is 24.5. The fourth-order valence-electron chi connectivity index (χ4n) is 4.84. The van der Waals surface area contributed by atoms with Gasteiger partial charge in [0.2, 0.25) is 11.8 Å². The molecular weight excluding hydrogens is 582 g/mol. The predicted molar refractivity (Wildman–Crippen MR) is 172 cm³/mol. The van der Waals surface area contributed by atoms with Crippen molar-refractivity contribution >= 4 is 39.1 Å². The van der Waals surface area contributed by atoms with E-state index in [0.717, 1.165) is 21.0 Å². The monoisotopic (exact) mass is 617 g/mol. The maximum absolute atomic E-state index is 14.4. The maximum Gasteiger partial charge on any atom is 0.264 e. The van der Waals surface area contributed by atoms with E-state index in [2.05, 4.69) is 5.32 Å². The van der Waals surface area contributed by atoms with Crippen LogP contribution in [0.2, 0.25) is 5.02 Å². The SMILES string of the molecule is CCNC(=O)[C@H](Cc1ccccc1)N(Cc1ccccc1)C(=O)CN(c1cccc(Cl)c1C)S(=O)(=O)c1ccc(C)cc1. The molecule has 1 atom stereocenters. The zero-order chi connectivity index (χ0) is 31.0. The Morgan fingerprint density at radius 3 is 2.02 bits per heavy atom. The second kappa shape index (κ2) is 14.4. The molecule has 0 unspecified atom stereocenters. The van der Waals surface area contributed by atoms with E-state index in [0.29, 0.717) is 22.8 Å². The largest absolute Gasteiger partial charge is 0.355 e. The van der Waals surface area contributed by atoms with Crippen molar-refractivity contribution in [3.63, 3.8) is 0 Å². The van der Waals surface area contributed by atoms with Gasteiger partial charge in [0.1, 0.15) is 12.6 Å². The summed E-state index contributed by atoms with van der Waals surface area (Å²) in [4.78, 5) is 29.5. The molecule has 0 aromatic heterocycles. The van der Waals surface area contributed by atoms with Crippen LogP contribution < -0.4 is 9.62 Å². The van der Waals surface area contributed by atoms with Crippen LogP contribution in [0.15, 0.2) is 108 Å². The number of nitrogens with one attached hydrogen (secondary N) is 1. The third-order valence-electron chi connectivity index (χ3n) is 7.21. The first kappa shape index (κ1) is 31.8. The van der Waals surface area contributed by atoms with Crippen LogP contribution in [-0.4, -0.2) is 44.3 Å². The minimum atomic E-state index is -4.20. The fraction of sp³-hybridized carbons (Fsp3) is 0.235. The lowest BCUT2D eigenvalue weighted by molar-refractivity contribution is -0.140. The van der Waals surface area contributed by atoms with Crippen molar-refractivity contribution in [2.75, 3.05) is 17.4 Å². The first-order chi connectivity index (χ1) is 20.6. The van der Waals surface area contributed by atoms with Crippen molar-refractivity contribution in [3.8, 4) is 0 Å². The van der Waals surface area contributed by atoms with Gasteiger partial charge in [0.15, 0.2) is 0 Å². The van der Waals surface area contributed by atoms with Gasteiger partial charge in [-0.05, 0) is 61.7 Å². The standard InChI is InChI=1S/C34H36ClN3O4S/c1-4-36-34(40)32(22-27-12-7-5-8-13-27)37(23-28-14-9-6-10-15-28)33(39)24-38(31-17-11-16-30(35)26(31)3)43(41,42)29-20-18-25(2)19-21-29/h5-21,32H,4,22-24H2,1-3H3,(H,36,40)/t32-/m0/s1. The van der Waals surface area contributed by atoms with Crippen LogP contribution >= 0.6 is 11.6 Å².